The summed E-state index contributed by atoms with van der Waals surface area (Å²) < 4.78 is 10.6. The SMILES string of the molecule is C[C@H](N)C(=O)N[C@H](CCC(=O)N[C@@H](CCCCNC(=O)OCc1ccccc1)C(=O)OCc1ccccc1)C(N)=O. The standard InChI is InChI=1S/C29H39N5O7/c1-20(30)27(37)34-23(26(31)36)15-16-25(35)33-24(28(38)40-18-21-10-4-2-5-11-21)14-8-9-17-32-29(39)41-19-22-12-6-3-7-13-22/h2-7,10-13,20,23-24H,8-9,14-19,30H2,1H3,(H2,31,36)(H,32,39)(H,33,35)(H,34,37)/t20-,23+,24-/m0/s1. The first-order valence-electron chi connectivity index (χ1n) is 13.5. The number of hydrogen-bond acceptors (Lipinski definition) is 8. The van der Waals surface area contributed by atoms with Crippen molar-refractivity contribution in [1.29, 1.82) is 0 Å². The zero-order chi connectivity index (χ0) is 30.0. The van der Waals surface area contributed by atoms with E-state index in [0.29, 0.717) is 19.4 Å². The van der Waals surface area contributed by atoms with Crippen LogP contribution in [0.15, 0.2) is 60.7 Å². The van der Waals surface area contributed by atoms with E-state index in [0.717, 1.165) is 11.1 Å². The number of alkyl carbamates (subject to hydrolysis) is 1. The maximum atomic E-state index is 12.8. The van der Waals surface area contributed by atoms with Gasteiger partial charge in [0.1, 0.15) is 25.3 Å². The van der Waals surface area contributed by atoms with Crippen LogP contribution in [-0.4, -0.2) is 54.5 Å². The van der Waals surface area contributed by atoms with E-state index in [1.165, 1.54) is 6.92 Å². The van der Waals surface area contributed by atoms with Gasteiger partial charge in [-0.25, -0.2) is 9.59 Å². The van der Waals surface area contributed by atoms with E-state index in [1.54, 1.807) is 0 Å². The fraction of sp³-hybridized carbons (Fsp3) is 0.414. The summed E-state index contributed by atoms with van der Waals surface area (Å²) in [6, 6.07) is 15.5. The van der Waals surface area contributed by atoms with Crippen LogP contribution in [0.5, 0.6) is 0 Å². The fourth-order valence-electron chi connectivity index (χ4n) is 3.65. The molecule has 0 aliphatic heterocycles. The van der Waals surface area contributed by atoms with Crippen LogP contribution in [0.2, 0.25) is 0 Å². The molecule has 0 aliphatic carbocycles. The Kier molecular flexibility index (Phi) is 14.4. The molecule has 0 saturated carbocycles. The van der Waals surface area contributed by atoms with Gasteiger partial charge in [0.25, 0.3) is 0 Å². The monoisotopic (exact) mass is 569 g/mol. The molecule has 0 spiro atoms. The summed E-state index contributed by atoms with van der Waals surface area (Å²) in [5, 5.41) is 7.71. The van der Waals surface area contributed by atoms with Gasteiger partial charge in [0.05, 0.1) is 6.04 Å². The molecule has 0 saturated heterocycles. The minimum atomic E-state index is -1.09. The first-order valence-corrected chi connectivity index (χ1v) is 13.5. The molecule has 2 aromatic carbocycles. The third-order valence-corrected chi connectivity index (χ3v) is 5.98. The fourth-order valence-corrected chi connectivity index (χ4v) is 3.65. The summed E-state index contributed by atoms with van der Waals surface area (Å²) in [5.74, 6) is -2.51. The average Bonchev–Trinajstić information content (AvgIpc) is 2.96. The Morgan fingerprint density at radius 2 is 1.37 bits per heavy atom. The molecule has 4 amide bonds. The second kappa shape index (κ2) is 18.0. The van der Waals surface area contributed by atoms with E-state index in [4.69, 9.17) is 20.9 Å². The number of unbranched alkanes of at least 4 members (excludes halogenated alkanes) is 1. The maximum absolute atomic E-state index is 12.8. The van der Waals surface area contributed by atoms with Crippen LogP contribution in [-0.2, 0) is 41.9 Å². The number of nitrogens with two attached hydrogens (primary N) is 2. The van der Waals surface area contributed by atoms with Crippen LogP contribution in [0.25, 0.3) is 0 Å². The van der Waals surface area contributed by atoms with Crippen molar-refractivity contribution in [3.63, 3.8) is 0 Å². The van der Waals surface area contributed by atoms with Crippen LogP contribution in [0.4, 0.5) is 4.79 Å². The molecular weight excluding hydrogens is 530 g/mol. The van der Waals surface area contributed by atoms with Gasteiger partial charge in [0.2, 0.25) is 17.7 Å². The van der Waals surface area contributed by atoms with Gasteiger partial charge in [-0.3, -0.25) is 14.4 Å². The number of esters is 1. The minimum absolute atomic E-state index is 0.0356. The van der Waals surface area contributed by atoms with Crippen molar-refractivity contribution in [2.75, 3.05) is 6.54 Å². The number of carbonyl (C=O) groups excluding carboxylic acids is 5. The molecule has 0 aliphatic rings. The zero-order valence-corrected chi connectivity index (χ0v) is 23.2. The number of carbonyl (C=O) groups is 5. The molecule has 2 rings (SSSR count). The summed E-state index contributed by atoms with van der Waals surface area (Å²) in [5.41, 5.74) is 12.5. The molecule has 12 heteroatoms. The minimum Gasteiger partial charge on any atom is -0.459 e. The smallest absolute Gasteiger partial charge is 0.407 e. The molecule has 0 heterocycles. The summed E-state index contributed by atoms with van der Waals surface area (Å²) in [7, 11) is 0. The first kappa shape index (κ1) is 32.8. The largest absolute Gasteiger partial charge is 0.459 e. The predicted molar refractivity (Wildman–Crippen MR) is 151 cm³/mol. The van der Waals surface area contributed by atoms with Gasteiger partial charge in [0.15, 0.2) is 0 Å². The molecule has 0 bridgehead atoms. The van der Waals surface area contributed by atoms with E-state index >= 15 is 0 Å². The van der Waals surface area contributed by atoms with Crippen molar-refractivity contribution in [2.45, 2.75) is 70.4 Å². The Labute approximate surface area is 239 Å². The van der Waals surface area contributed by atoms with Crippen molar-refractivity contribution in [1.82, 2.24) is 16.0 Å². The van der Waals surface area contributed by atoms with Crippen LogP contribution in [0.1, 0.15) is 50.2 Å². The highest BCUT2D eigenvalue weighted by Gasteiger charge is 2.25. The summed E-state index contributed by atoms with van der Waals surface area (Å²) in [4.78, 5) is 61.0. The lowest BCUT2D eigenvalue weighted by Gasteiger charge is -2.20. The van der Waals surface area contributed by atoms with Crippen LogP contribution in [0.3, 0.4) is 0 Å². The Morgan fingerprint density at radius 1 is 0.780 bits per heavy atom. The van der Waals surface area contributed by atoms with Gasteiger partial charge >= 0.3 is 12.1 Å². The van der Waals surface area contributed by atoms with Crippen molar-refractivity contribution < 1.29 is 33.4 Å². The summed E-state index contributed by atoms with van der Waals surface area (Å²) >= 11 is 0. The lowest BCUT2D eigenvalue weighted by atomic mass is 10.1. The number of amides is 4. The molecule has 0 fully saturated rings. The number of ether oxygens (including phenoxy) is 2. The van der Waals surface area contributed by atoms with Crippen LogP contribution >= 0.6 is 0 Å². The van der Waals surface area contributed by atoms with Gasteiger partial charge in [-0.1, -0.05) is 60.7 Å². The molecule has 3 atom stereocenters. The second-order valence-electron chi connectivity index (χ2n) is 9.49. The molecule has 12 nitrogen and oxygen atoms in total. The van der Waals surface area contributed by atoms with Crippen molar-refractivity contribution >= 4 is 29.8 Å². The Morgan fingerprint density at radius 3 is 1.93 bits per heavy atom. The van der Waals surface area contributed by atoms with Gasteiger partial charge < -0.3 is 36.9 Å². The second-order valence-corrected chi connectivity index (χ2v) is 9.49. The number of hydrogen-bond donors (Lipinski definition) is 5. The van der Waals surface area contributed by atoms with E-state index in [2.05, 4.69) is 16.0 Å². The van der Waals surface area contributed by atoms with E-state index in [-0.39, 0.29) is 32.5 Å². The molecule has 0 unspecified atom stereocenters. The number of primary amides is 1. The van der Waals surface area contributed by atoms with Gasteiger partial charge in [0, 0.05) is 13.0 Å². The van der Waals surface area contributed by atoms with Crippen molar-refractivity contribution in [3.8, 4) is 0 Å². The van der Waals surface area contributed by atoms with Gasteiger partial charge in [-0.15, -0.1) is 0 Å². The highest BCUT2D eigenvalue weighted by molar-refractivity contribution is 5.89. The molecule has 41 heavy (non-hydrogen) atoms. The van der Waals surface area contributed by atoms with Crippen LogP contribution in [0, 0.1) is 0 Å². The van der Waals surface area contributed by atoms with E-state index in [1.807, 2.05) is 60.7 Å². The van der Waals surface area contributed by atoms with Gasteiger partial charge in [-0.05, 0) is 43.7 Å². The number of nitrogens with one attached hydrogen (secondary N) is 3. The van der Waals surface area contributed by atoms with Crippen LogP contribution < -0.4 is 27.4 Å². The molecule has 222 valence electrons. The first-order chi connectivity index (χ1) is 19.7. The molecule has 2 aromatic rings. The lowest BCUT2D eigenvalue weighted by Crippen LogP contribution is -2.50. The quantitative estimate of drug-likeness (QED) is 0.139. The van der Waals surface area contributed by atoms with Crippen molar-refractivity contribution in [3.05, 3.63) is 71.8 Å². The van der Waals surface area contributed by atoms with Crippen molar-refractivity contribution in [2.24, 2.45) is 11.5 Å². The normalized spacial score (nSPS) is 12.7. The summed E-state index contributed by atoms with van der Waals surface area (Å²) in [6.07, 6.45) is 0.455. The Hall–Kier alpha value is -4.45. The number of rotatable bonds is 17. The lowest BCUT2D eigenvalue weighted by molar-refractivity contribution is -0.149. The Balaban J connectivity index is 1.85. The van der Waals surface area contributed by atoms with Gasteiger partial charge in [-0.2, -0.15) is 0 Å². The maximum Gasteiger partial charge on any atom is 0.407 e. The highest BCUT2D eigenvalue weighted by atomic mass is 16.5. The number of benzene rings is 2. The topological polar surface area (TPSA) is 192 Å². The zero-order valence-electron chi connectivity index (χ0n) is 23.2. The van der Waals surface area contributed by atoms with E-state index in [9.17, 15) is 24.0 Å². The highest BCUT2D eigenvalue weighted by Crippen LogP contribution is 2.08. The summed E-state index contributed by atoms with van der Waals surface area (Å²) in [6.45, 7) is 1.95. The molecular formula is C29H39N5O7. The van der Waals surface area contributed by atoms with E-state index < -0.39 is 47.9 Å². The predicted octanol–water partition coefficient (Wildman–Crippen LogP) is 1.41. The Bertz CT molecular complexity index is 1130. The molecule has 0 aromatic heterocycles. The average molecular weight is 570 g/mol. The third kappa shape index (κ3) is 13.4. The molecule has 0 radical (unpaired) electrons. The third-order valence-electron chi connectivity index (χ3n) is 5.98. The molecule has 7 N–H and O–H groups in total.